The summed E-state index contributed by atoms with van der Waals surface area (Å²) < 4.78 is 26.4. The maximum absolute atomic E-state index is 11.9. The summed E-state index contributed by atoms with van der Waals surface area (Å²) in [6.07, 6.45) is 5.70. The Labute approximate surface area is 116 Å². The van der Waals surface area contributed by atoms with Gasteiger partial charge in [0.25, 0.3) is 0 Å². The molecule has 5 nitrogen and oxygen atoms in total. The van der Waals surface area contributed by atoms with Gasteiger partial charge < -0.3 is 5.11 Å². The van der Waals surface area contributed by atoms with E-state index < -0.39 is 16.0 Å². The second kappa shape index (κ2) is 6.02. The van der Waals surface area contributed by atoms with Crippen molar-refractivity contribution in [2.24, 2.45) is 5.92 Å². The molecule has 1 aliphatic carbocycles. The monoisotopic (exact) mass is 303 g/mol. The van der Waals surface area contributed by atoms with Crippen molar-refractivity contribution in [3.8, 4) is 0 Å². The van der Waals surface area contributed by atoms with Crippen LogP contribution in [0.3, 0.4) is 0 Å². The smallest absolute Gasteiger partial charge is 0.345 e. The van der Waals surface area contributed by atoms with Crippen molar-refractivity contribution in [2.45, 2.75) is 37.0 Å². The summed E-state index contributed by atoms with van der Waals surface area (Å²) in [6.45, 7) is 0.422. The summed E-state index contributed by atoms with van der Waals surface area (Å²) in [7, 11) is -3.57. The Morgan fingerprint density at radius 1 is 1.42 bits per heavy atom. The number of thiophene rings is 1. The molecule has 0 radical (unpaired) electrons. The molecule has 0 amide bonds. The second-order valence-electron chi connectivity index (χ2n) is 4.79. The average molecular weight is 303 g/mol. The first-order chi connectivity index (χ1) is 8.99. The fourth-order valence-electron chi connectivity index (χ4n) is 2.35. The lowest BCUT2D eigenvalue weighted by Gasteiger charge is -2.09. The normalized spacial score (nSPS) is 16.8. The van der Waals surface area contributed by atoms with Crippen LogP contribution in [0, 0.1) is 5.92 Å². The first kappa shape index (κ1) is 14.5. The fraction of sp³-hybridized carbons (Fsp3) is 0.583. The maximum Gasteiger partial charge on any atom is 0.345 e. The van der Waals surface area contributed by atoms with E-state index in [0.29, 0.717) is 12.5 Å². The Bertz CT molecular complexity index is 544. The molecule has 106 valence electrons. The highest BCUT2D eigenvalue weighted by molar-refractivity contribution is 7.89. The SMILES string of the molecule is O=C(O)c1cc(S(=O)(=O)NCCC2CCCC2)cs1. The summed E-state index contributed by atoms with van der Waals surface area (Å²) >= 11 is 0.925. The quantitative estimate of drug-likeness (QED) is 0.844. The molecule has 0 unspecified atom stereocenters. The molecular weight excluding hydrogens is 286 g/mol. The minimum absolute atomic E-state index is 0.0381. The van der Waals surface area contributed by atoms with Gasteiger partial charge in [-0.05, 0) is 18.4 Å². The molecule has 0 atom stereocenters. The van der Waals surface area contributed by atoms with Crippen LogP contribution in [0.15, 0.2) is 16.3 Å². The molecule has 0 aromatic carbocycles. The largest absolute Gasteiger partial charge is 0.477 e. The van der Waals surface area contributed by atoms with Crippen LogP contribution in [-0.2, 0) is 10.0 Å². The molecule has 1 aliphatic rings. The Kier molecular flexibility index (Phi) is 4.59. The number of rotatable bonds is 6. The van der Waals surface area contributed by atoms with Crippen LogP contribution < -0.4 is 4.72 Å². The van der Waals surface area contributed by atoms with Gasteiger partial charge in [-0.2, -0.15) is 0 Å². The number of carboxylic acids is 1. The second-order valence-corrected chi connectivity index (χ2v) is 7.47. The Morgan fingerprint density at radius 3 is 2.68 bits per heavy atom. The van der Waals surface area contributed by atoms with Crippen LogP contribution in [0.1, 0.15) is 41.8 Å². The number of aromatic carboxylic acids is 1. The van der Waals surface area contributed by atoms with Crippen molar-refractivity contribution >= 4 is 27.3 Å². The molecule has 0 spiro atoms. The lowest BCUT2D eigenvalue weighted by molar-refractivity contribution is 0.0702. The summed E-state index contributed by atoms with van der Waals surface area (Å²) in [6, 6.07) is 1.20. The van der Waals surface area contributed by atoms with Crippen LogP contribution in [0.2, 0.25) is 0 Å². The molecule has 1 aromatic heterocycles. The number of hydrogen-bond donors (Lipinski definition) is 2. The highest BCUT2D eigenvalue weighted by atomic mass is 32.2. The topological polar surface area (TPSA) is 83.5 Å². The van der Waals surface area contributed by atoms with Gasteiger partial charge >= 0.3 is 5.97 Å². The standard InChI is InChI=1S/C12H17NO4S2/c14-12(15)11-7-10(8-18-11)19(16,17)13-6-5-9-3-1-2-4-9/h7-9,13H,1-6H2,(H,14,15). The highest BCUT2D eigenvalue weighted by Crippen LogP contribution is 2.27. The van der Waals surface area contributed by atoms with Crippen LogP contribution in [0.5, 0.6) is 0 Å². The molecule has 0 aliphatic heterocycles. The van der Waals surface area contributed by atoms with Crippen LogP contribution in [0.25, 0.3) is 0 Å². The van der Waals surface area contributed by atoms with E-state index in [9.17, 15) is 13.2 Å². The third-order valence-corrected chi connectivity index (χ3v) is 5.92. The van der Waals surface area contributed by atoms with Gasteiger partial charge in [-0.15, -0.1) is 11.3 Å². The molecule has 2 rings (SSSR count). The molecule has 0 saturated heterocycles. The molecule has 1 fully saturated rings. The molecular formula is C12H17NO4S2. The Morgan fingerprint density at radius 2 is 2.11 bits per heavy atom. The summed E-state index contributed by atoms with van der Waals surface area (Å²) in [5.41, 5.74) is 0. The van der Waals surface area contributed by atoms with Gasteiger partial charge in [0.1, 0.15) is 4.88 Å². The van der Waals surface area contributed by atoms with Crippen molar-refractivity contribution in [2.75, 3.05) is 6.54 Å². The van der Waals surface area contributed by atoms with E-state index in [2.05, 4.69) is 4.72 Å². The zero-order valence-electron chi connectivity index (χ0n) is 10.5. The van der Waals surface area contributed by atoms with Gasteiger partial charge in [0.15, 0.2) is 0 Å². The lowest BCUT2D eigenvalue weighted by Crippen LogP contribution is -2.25. The summed E-state index contributed by atoms with van der Waals surface area (Å²) in [4.78, 5) is 10.8. The molecule has 1 heterocycles. The predicted octanol–water partition coefficient (Wildman–Crippen LogP) is 2.30. The Balaban J connectivity index is 1.91. The van der Waals surface area contributed by atoms with E-state index in [-0.39, 0.29) is 9.77 Å². The van der Waals surface area contributed by atoms with E-state index in [4.69, 9.17) is 5.11 Å². The van der Waals surface area contributed by atoms with Gasteiger partial charge in [0, 0.05) is 11.9 Å². The van der Waals surface area contributed by atoms with E-state index in [0.717, 1.165) is 17.8 Å². The minimum Gasteiger partial charge on any atom is -0.477 e. The first-order valence-corrected chi connectivity index (χ1v) is 8.67. The molecule has 0 bridgehead atoms. The van der Waals surface area contributed by atoms with Crippen LogP contribution in [-0.4, -0.2) is 26.0 Å². The molecule has 2 N–H and O–H groups in total. The van der Waals surface area contributed by atoms with Crippen LogP contribution in [0.4, 0.5) is 0 Å². The lowest BCUT2D eigenvalue weighted by atomic mass is 10.1. The van der Waals surface area contributed by atoms with Crippen molar-refractivity contribution in [3.05, 3.63) is 16.3 Å². The van der Waals surface area contributed by atoms with Gasteiger partial charge in [0.05, 0.1) is 4.90 Å². The molecule has 7 heteroatoms. The predicted molar refractivity (Wildman–Crippen MR) is 73.0 cm³/mol. The van der Waals surface area contributed by atoms with Crippen LogP contribution >= 0.6 is 11.3 Å². The maximum atomic E-state index is 11.9. The first-order valence-electron chi connectivity index (χ1n) is 6.30. The molecule has 1 saturated carbocycles. The molecule has 19 heavy (non-hydrogen) atoms. The number of hydrogen-bond acceptors (Lipinski definition) is 4. The summed E-state index contributed by atoms with van der Waals surface area (Å²) in [5, 5.41) is 10.1. The third-order valence-electron chi connectivity index (χ3n) is 3.42. The van der Waals surface area contributed by atoms with E-state index >= 15 is 0 Å². The van der Waals surface area contributed by atoms with Crippen molar-refractivity contribution in [3.63, 3.8) is 0 Å². The minimum atomic E-state index is -3.57. The zero-order chi connectivity index (χ0) is 13.9. The van der Waals surface area contributed by atoms with E-state index in [1.165, 1.54) is 37.1 Å². The van der Waals surface area contributed by atoms with E-state index in [1.807, 2.05) is 0 Å². The van der Waals surface area contributed by atoms with Gasteiger partial charge in [-0.25, -0.2) is 17.9 Å². The molecule has 1 aromatic rings. The van der Waals surface area contributed by atoms with Gasteiger partial charge in [-0.1, -0.05) is 25.7 Å². The van der Waals surface area contributed by atoms with Crippen molar-refractivity contribution in [1.29, 1.82) is 0 Å². The summed E-state index contributed by atoms with van der Waals surface area (Å²) in [5.74, 6) is -0.475. The number of sulfonamides is 1. The van der Waals surface area contributed by atoms with Crippen molar-refractivity contribution in [1.82, 2.24) is 4.72 Å². The Hall–Kier alpha value is -0.920. The fourth-order valence-corrected chi connectivity index (χ4v) is 4.51. The number of nitrogens with one attached hydrogen (secondary N) is 1. The van der Waals surface area contributed by atoms with E-state index in [1.54, 1.807) is 0 Å². The zero-order valence-corrected chi connectivity index (χ0v) is 12.1. The average Bonchev–Trinajstić information content (AvgIpc) is 2.99. The number of carboxylic acid groups (broad SMARTS) is 1. The number of carbonyl (C=O) groups is 1. The van der Waals surface area contributed by atoms with Gasteiger partial charge in [-0.3, -0.25) is 0 Å². The highest BCUT2D eigenvalue weighted by Gasteiger charge is 2.20. The third kappa shape index (κ3) is 3.77. The van der Waals surface area contributed by atoms with Gasteiger partial charge in [0.2, 0.25) is 10.0 Å². The van der Waals surface area contributed by atoms with Crippen molar-refractivity contribution < 1.29 is 18.3 Å².